The number of hydrogen-bond donors (Lipinski definition) is 1. The van der Waals surface area contributed by atoms with Crippen LogP contribution >= 0.6 is 34.2 Å². The quantitative estimate of drug-likeness (QED) is 0.230. The van der Waals surface area contributed by atoms with Gasteiger partial charge < -0.3 is 19.7 Å². The molecule has 0 saturated heterocycles. The van der Waals surface area contributed by atoms with Gasteiger partial charge in [-0.3, -0.25) is 14.4 Å². The Morgan fingerprint density at radius 2 is 1.48 bits per heavy atom. The number of nitrogens with one attached hydrogen (secondary N) is 1. The highest BCUT2D eigenvalue weighted by Gasteiger charge is 2.49. The first kappa shape index (κ1) is 34.2. The van der Waals surface area contributed by atoms with Gasteiger partial charge in [-0.15, -0.1) is 0 Å². The van der Waals surface area contributed by atoms with E-state index in [2.05, 4.69) is 72.6 Å². The lowest BCUT2D eigenvalue weighted by Gasteiger charge is -2.49. The average molecular weight is 779 g/mol. The molecule has 1 aliphatic heterocycles. The molecular weight excluding hydrogens is 739 g/mol. The fourth-order valence-corrected chi connectivity index (χ4v) is 8.24. The molecule has 0 radical (unpaired) electrons. The second-order valence-corrected chi connectivity index (χ2v) is 16.0. The largest absolute Gasteiger partial charge is 0.493 e. The zero-order valence-corrected chi connectivity index (χ0v) is 30.8. The van der Waals surface area contributed by atoms with E-state index in [1.165, 1.54) is 0 Å². The summed E-state index contributed by atoms with van der Waals surface area (Å²) in [6.45, 7) is 8.89. The first-order chi connectivity index (χ1) is 22.8. The van der Waals surface area contributed by atoms with E-state index in [4.69, 9.17) is 21.1 Å². The van der Waals surface area contributed by atoms with Crippen LogP contribution in [0.2, 0.25) is 5.02 Å². The van der Waals surface area contributed by atoms with Gasteiger partial charge in [-0.2, -0.15) is 0 Å². The van der Waals surface area contributed by atoms with Gasteiger partial charge in [0.15, 0.2) is 29.7 Å². The molecule has 1 amide bonds. The first-order valence-corrected chi connectivity index (χ1v) is 17.6. The smallest absolute Gasteiger partial charge is 0.262 e. The van der Waals surface area contributed by atoms with Crippen molar-refractivity contribution in [2.45, 2.75) is 65.8 Å². The number of rotatable bonds is 8. The van der Waals surface area contributed by atoms with Crippen molar-refractivity contribution in [2.24, 2.45) is 10.8 Å². The van der Waals surface area contributed by atoms with Gasteiger partial charge in [-0.05, 0) is 81.7 Å². The van der Waals surface area contributed by atoms with Crippen molar-refractivity contribution in [3.8, 4) is 11.5 Å². The third-order valence-electron chi connectivity index (χ3n) is 9.29. The molecule has 0 aromatic heterocycles. The monoisotopic (exact) mass is 778 g/mol. The lowest BCUT2D eigenvalue weighted by atomic mass is 9.63. The molecule has 3 aliphatic rings. The van der Waals surface area contributed by atoms with Gasteiger partial charge in [0, 0.05) is 47.8 Å². The van der Waals surface area contributed by atoms with E-state index in [0.717, 1.165) is 35.4 Å². The van der Waals surface area contributed by atoms with E-state index in [9.17, 15) is 14.4 Å². The summed E-state index contributed by atoms with van der Waals surface area (Å²) in [4.78, 5) is 43.6. The Bertz CT molecular complexity index is 1810. The fraction of sp³-hybridized carbons (Fsp3) is 0.359. The number of halogens is 2. The summed E-state index contributed by atoms with van der Waals surface area (Å²) in [6, 6.07) is 21.1. The van der Waals surface area contributed by atoms with Crippen LogP contribution in [0.4, 0.5) is 5.69 Å². The number of ketones is 2. The predicted octanol–water partition coefficient (Wildman–Crippen LogP) is 8.86. The molecule has 7 nitrogen and oxygen atoms in total. The lowest BCUT2D eigenvalue weighted by molar-refractivity contribution is -0.120. The average Bonchev–Trinajstić information content (AvgIpc) is 3.01. The third-order valence-corrected chi connectivity index (χ3v) is 10.4. The number of para-hydroxylation sites is 1. The lowest BCUT2D eigenvalue weighted by Crippen LogP contribution is -2.44. The number of methoxy groups -OCH3 is 1. The van der Waals surface area contributed by atoms with Crippen LogP contribution in [0.25, 0.3) is 0 Å². The number of carbonyl (C=O) groups excluding carboxylic acids is 3. The minimum absolute atomic E-state index is 0.0686. The predicted molar refractivity (Wildman–Crippen MR) is 196 cm³/mol. The Kier molecular flexibility index (Phi) is 9.52. The summed E-state index contributed by atoms with van der Waals surface area (Å²) in [7, 11) is 1.55. The molecule has 3 aromatic rings. The minimum atomic E-state index is -0.533. The van der Waals surface area contributed by atoms with Crippen LogP contribution in [0.15, 0.2) is 89.3 Å². The van der Waals surface area contributed by atoms with Gasteiger partial charge in [-0.25, -0.2) is 0 Å². The molecule has 1 N–H and O–H groups in total. The molecule has 0 bridgehead atoms. The van der Waals surface area contributed by atoms with E-state index in [-0.39, 0.29) is 34.9 Å². The van der Waals surface area contributed by atoms with Crippen molar-refractivity contribution in [3.63, 3.8) is 0 Å². The highest BCUT2D eigenvalue weighted by molar-refractivity contribution is 14.1. The van der Waals surface area contributed by atoms with Crippen LogP contribution in [0.5, 0.6) is 11.5 Å². The fourth-order valence-electron chi connectivity index (χ4n) is 7.27. The zero-order chi connectivity index (χ0) is 34.4. The van der Waals surface area contributed by atoms with Gasteiger partial charge in [0.2, 0.25) is 0 Å². The highest BCUT2D eigenvalue weighted by Crippen LogP contribution is 2.55. The van der Waals surface area contributed by atoms with Gasteiger partial charge >= 0.3 is 0 Å². The number of hydrogen-bond acceptors (Lipinski definition) is 6. The maximum atomic E-state index is 14.3. The molecule has 250 valence electrons. The van der Waals surface area contributed by atoms with Crippen LogP contribution in [-0.4, -0.2) is 36.1 Å². The number of carbonyl (C=O) groups is 3. The van der Waals surface area contributed by atoms with Crippen LogP contribution in [-0.2, 0) is 20.9 Å². The van der Waals surface area contributed by atoms with Gasteiger partial charge in [0.25, 0.3) is 5.91 Å². The van der Waals surface area contributed by atoms with E-state index in [0.29, 0.717) is 56.3 Å². The molecule has 9 heteroatoms. The minimum Gasteiger partial charge on any atom is -0.493 e. The molecule has 48 heavy (non-hydrogen) atoms. The van der Waals surface area contributed by atoms with Crippen molar-refractivity contribution < 1.29 is 23.9 Å². The summed E-state index contributed by atoms with van der Waals surface area (Å²) < 4.78 is 12.5. The molecular formula is C39H40ClIN2O5. The number of ether oxygens (including phenoxy) is 2. The van der Waals surface area contributed by atoms with Crippen molar-refractivity contribution in [3.05, 3.63) is 109 Å². The van der Waals surface area contributed by atoms with Crippen molar-refractivity contribution in [2.75, 3.05) is 19.0 Å². The number of Topliss-reactive ketones (excluding diaryl/α,β-unsaturated/α-hetero) is 2. The molecule has 6 rings (SSSR count). The number of amides is 1. The Morgan fingerprint density at radius 3 is 2.06 bits per heavy atom. The summed E-state index contributed by atoms with van der Waals surface area (Å²) in [6.07, 6.45) is 2.25. The van der Waals surface area contributed by atoms with E-state index < -0.39 is 5.92 Å². The van der Waals surface area contributed by atoms with Crippen LogP contribution in [0, 0.1) is 14.4 Å². The maximum absolute atomic E-state index is 14.3. The molecule has 3 aromatic carbocycles. The van der Waals surface area contributed by atoms with Crippen molar-refractivity contribution in [1.82, 2.24) is 4.90 Å². The molecule has 0 fully saturated rings. The standard InChI is InChI=1S/C39H40ClIN2O5/c1-38(2)17-28-35(30(44)19-38)34(36-29(18-39(3,4)20-31(36)45)43(28)21-23-11-7-6-8-12-23)24-15-26(41)37(32(16-24)47-5)48-22-33(46)42-27-14-10-9-13-25(27)40/h6-16,34H,17-22H2,1-5H3,(H,42,46). The number of anilines is 1. The number of allylic oxidation sites excluding steroid dienone is 4. The van der Waals surface area contributed by atoms with Crippen molar-refractivity contribution in [1.29, 1.82) is 0 Å². The SMILES string of the molecule is COc1cc(C2C3=C(CC(C)(C)CC3=O)N(Cc3ccccc3)C3=C2C(=O)CC(C)(C)C3)cc(I)c1OCC(=O)Nc1ccccc1Cl. The Balaban J connectivity index is 1.43. The summed E-state index contributed by atoms with van der Waals surface area (Å²) >= 11 is 8.39. The highest BCUT2D eigenvalue weighted by atomic mass is 127. The van der Waals surface area contributed by atoms with E-state index in [1.54, 1.807) is 31.4 Å². The number of benzene rings is 3. The molecule has 1 heterocycles. The normalized spacial score (nSPS) is 18.8. The third kappa shape index (κ3) is 6.92. The second-order valence-electron chi connectivity index (χ2n) is 14.5. The first-order valence-electron chi connectivity index (χ1n) is 16.2. The van der Waals surface area contributed by atoms with Gasteiger partial charge in [0.05, 0.1) is 21.4 Å². The zero-order valence-electron chi connectivity index (χ0n) is 27.9. The van der Waals surface area contributed by atoms with Crippen LogP contribution < -0.4 is 14.8 Å². The topological polar surface area (TPSA) is 84.9 Å². The van der Waals surface area contributed by atoms with Gasteiger partial charge in [0.1, 0.15) is 0 Å². The summed E-state index contributed by atoms with van der Waals surface area (Å²) in [5.41, 5.74) is 5.36. The Morgan fingerprint density at radius 1 is 0.896 bits per heavy atom. The molecule has 0 atom stereocenters. The second kappa shape index (κ2) is 13.3. The van der Waals surface area contributed by atoms with Crippen LogP contribution in [0.1, 0.15) is 70.4 Å². The summed E-state index contributed by atoms with van der Waals surface area (Å²) in [5, 5.41) is 3.21. The summed E-state index contributed by atoms with van der Waals surface area (Å²) in [5.74, 6) is 0.0671. The van der Waals surface area contributed by atoms with Gasteiger partial charge in [-0.1, -0.05) is 81.8 Å². The number of nitrogens with zero attached hydrogens (tertiary/aromatic N) is 1. The molecule has 0 spiro atoms. The Hall–Kier alpha value is -3.63. The molecule has 0 saturated carbocycles. The van der Waals surface area contributed by atoms with Crippen LogP contribution in [0.3, 0.4) is 0 Å². The molecule has 0 unspecified atom stereocenters. The van der Waals surface area contributed by atoms with E-state index >= 15 is 0 Å². The molecule has 2 aliphatic carbocycles. The maximum Gasteiger partial charge on any atom is 0.262 e. The van der Waals surface area contributed by atoms with Crippen molar-refractivity contribution >= 4 is 57.4 Å². The Labute approximate surface area is 300 Å². The van der Waals surface area contributed by atoms with E-state index in [1.807, 2.05) is 30.3 Å².